The molecule has 1 unspecified atom stereocenters. The smallest absolute Gasteiger partial charge is 0.335 e. The maximum atomic E-state index is 12.1. The summed E-state index contributed by atoms with van der Waals surface area (Å²) in [5.74, 6) is -1.07. The summed E-state index contributed by atoms with van der Waals surface area (Å²) in [5, 5.41) is 9.06. The summed E-state index contributed by atoms with van der Waals surface area (Å²) < 4.78 is 5.15. The quantitative estimate of drug-likeness (QED) is 0.848. The van der Waals surface area contributed by atoms with Crippen LogP contribution in [0.25, 0.3) is 0 Å². The van der Waals surface area contributed by atoms with E-state index < -0.39 is 12.1 Å². The molecule has 1 N–H and O–H groups in total. The number of hydrogen-bond acceptors (Lipinski definition) is 4. The summed E-state index contributed by atoms with van der Waals surface area (Å²) in [4.78, 5) is 27.5. The summed E-state index contributed by atoms with van der Waals surface area (Å²) in [6.07, 6.45) is 5.12. The Morgan fingerprint density at radius 2 is 2.27 bits per heavy atom. The molecule has 5 nitrogen and oxygen atoms in total. The number of ketones is 1. The lowest BCUT2D eigenvalue weighted by molar-refractivity contribution is -0.125. The highest BCUT2D eigenvalue weighted by atomic mass is 16.5. The molecule has 5 heteroatoms. The third-order valence-electron chi connectivity index (χ3n) is 3.71. The summed E-state index contributed by atoms with van der Waals surface area (Å²) >= 11 is 0. The molecule has 1 aliphatic carbocycles. The third-order valence-corrected chi connectivity index (χ3v) is 3.71. The van der Waals surface area contributed by atoms with Crippen LogP contribution in [0.5, 0.6) is 0 Å². The Morgan fingerprint density at radius 3 is 2.91 bits per heavy atom. The predicted molar refractivity (Wildman–Crippen MR) is 84.1 cm³/mol. The van der Waals surface area contributed by atoms with Gasteiger partial charge in [-0.2, -0.15) is 0 Å². The van der Waals surface area contributed by atoms with Gasteiger partial charge >= 0.3 is 5.97 Å². The van der Waals surface area contributed by atoms with Crippen molar-refractivity contribution < 1.29 is 19.4 Å². The fraction of sp³-hybridized carbons (Fsp3) is 0.353. The lowest BCUT2D eigenvalue weighted by atomic mass is 9.96. The minimum Gasteiger partial charge on any atom is -0.478 e. The topological polar surface area (TPSA) is 76.0 Å². The number of carboxylic acids is 1. The molecular weight excluding hydrogens is 282 g/mol. The highest BCUT2D eigenvalue weighted by Crippen LogP contribution is 2.23. The van der Waals surface area contributed by atoms with Crippen molar-refractivity contribution in [1.82, 2.24) is 0 Å². The summed E-state index contributed by atoms with van der Waals surface area (Å²) in [7, 11) is 1.52. The number of rotatable bonds is 5. The zero-order chi connectivity index (χ0) is 16.1. The number of carbonyl (C=O) groups is 2. The number of benzene rings is 1. The second-order valence-electron chi connectivity index (χ2n) is 5.09. The fourth-order valence-electron chi connectivity index (χ4n) is 2.40. The molecule has 0 fully saturated rings. The fourth-order valence-corrected chi connectivity index (χ4v) is 2.40. The number of aliphatic imine (C=N–C) groups is 1. The van der Waals surface area contributed by atoms with Crippen LogP contribution < -0.4 is 0 Å². The number of aromatic carboxylic acids is 1. The van der Waals surface area contributed by atoms with Crippen LogP contribution in [0.4, 0.5) is 5.69 Å². The van der Waals surface area contributed by atoms with E-state index in [2.05, 4.69) is 4.99 Å². The second kappa shape index (κ2) is 7.13. The molecule has 0 radical (unpaired) electrons. The van der Waals surface area contributed by atoms with E-state index in [1.165, 1.54) is 19.4 Å². The number of nitrogens with zero attached hydrogens (tertiary/aromatic N) is 1. The van der Waals surface area contributed by atoms with Crippen molar-refractivity contribution in [3.05, 3.63) is 41.0 Å². The van der Waals surface area contributed by atoms with E-state index in [1.54, 1.807) is 12.1 Å². The summed E-state index contributed by atoms with van der Waals surface area (Å²) in [6.45, 7) is 1.97. The van der Waals surface area contributed by atoms with Gasteiger partial charge in [-0.3, -0.25) is 9.79 Å². The number of hydrogen-bond donors (Lipinski definition) is 1. The Labute approximate surface area is 129 Å². The first-order chi connectivity index (χ1) is 10.6. The third kappa shape index (κ3) is 3.49. The number of methoxy groups -OCH3 is 1. The van der Waals surface area contributed by atoms with Gasteiger partial charge in [0.05, 0.1) is 11.3 Å². The van der Waals surface area contributed by atoms with Crippen molar-refractivity contribution in [3.8, 4) is 0 Å². The lowest BCUT2D eigenvalue weighted by Crippen LogP contribution is -2.27. The van der Waals surface area contributed by atoms with Gasteiger partial charge in [0.15, 0.2) is 5.78 Å². The van der Waals surface area contributed by atoms with Crippen molar-refractivity contribution in [3.63, 3.8) is 0 Å². The minimum absolute atomic E-state index is 0.0788. The van der Waals surface area contributed by atoms with Gasteiger partial charge in [0.2, 0.25) is 0 Å². The van der Waals surface area contributed by atoms with Crippen molar-refractivity contribution in [1.29, 1.82) is 0 Å². The van der Waals surface area contributed by atoms with Crippen molar-refractivity contribution in [2.24, 2.45) is 4.99 Å². The van der Waals surface area contributed by atoms with Crippen LogP contribution in [-0.4, -0.2) is 36.3 Å². The monoisotopic (exact) mass is 301 g/mol. The number of Topliss-reactive ketones (excluding diaryl/α,β-unsaturated/α-hetero) is 1. The van der Waals surface area contributed by atoms with Crippen LogP contribution in [0.15, 0.2) is 34.8 Å². The number of aryl methyl sites for hydroxylation is 1. The van der Waals surface area contributed by atoms with E-state index >= 15 is 0 Å². The SMILES string of the molecule is CCc1ccc(C(=O)O)cc1N=CC1=CCCC(OC)C1=O. The first-order valence-corrected chi connectivity index (χ1v) is 7.24. The molecular formula is C17H19NO4. The standard InChI is InChI=1S/C17H19NO4/c1-3-11-7-8-12(17(20)21)9-14(11)18-10-13-5-4-6-15(22-2)16(13)19/h5,7-10,15H,3-4,6H2,1-2H3,(H,20,21). The highest BCUT2D eigenvalue weighted by Gasteiger charge is 2.23. The van der Waals surface area contributed by atoms with Crippen LogP contribution in [0.2, 0.25) is 0 Å². The Bertz CT molecular complexity index is 646. The molecule has 22 heavy (non-hydrogen) atoms. The van der Waals surface area contributed by atoms with E-state index in [1.807, 2.05) is 13.0 Å². The van der Waals surface area contributed by atoms with E-state index in [4.69, 9.17) is 9.84 Å². The van der Waals surface area contributed by atoms with E-state index in [-0.39, 0.29) is 11.3 Å². The molecule has 2 rings (SSSR count). The number of carbonyl (C=O) groups excluding carboxylic acids is 1. The average Bonchev–Trinajstić information content (AvgIpc) is 2.53. The van der Waals surface area contributed by atoms with Gasteiger partial charge in [-0.15, -0.1) is 0 Å². The molecule has 0 saturated heterocycles. The van der Waals surface area contributed by atoms with E-state index in [0.717, 1.165) is 18.4 Å². The number of carboxylic acid groups (broad SMARTS) is 1. The van der Waals surface area contributed by atoms with E-state index in [9.17, 15) is 9.59 Å². The molecule has 1 aromatic carbocycles. The van der Waals surface area contributed by atoms with Gasteiger partial charge in [0.1, 0.15) is 6.10 Å². The van der Waals surface area contributed by atoms with Crippen LogP contribution >= 0.6 is 0 Å². The Morgan fingerprint density at radius 1 is 1.50 bits per heavy atom. The van der Waals surface area contributed by atoms with Crippen LogP contribution in [0.1, 0.15) is 35.7 Å². The number of allylic oxidation sites excluding steroid dienone is 1. The van der Waals surface area contributed by atoms with Gasteiger partial charge in [0.25, 0.3) is 0 Å². The zero-order valence-corrected chi connectivity index (χ0v) is 12.7. The van der Waals surface area contributed by atoms with Crippen LogP contribution in [0, 0.1) is 0 Å². The maximum Gasteiger partial charge on any atom is 0.335 e. The predicted octanol–water partition coefficient (Wildman–Crippen LogP) is 2.95. The molecule has 0 heterocycles. The Hall–Kier alpha value is -2.27. The molecule has 1 aliphatic rings. The minimum atomic E-state index is -0.994. The van der Waals surface area contributed by atoms with Gasteiger partial charge in [-0.1, -0.05) is 19.1 Å². The van der Waals surface area contributed by atoms with Crippen LogP contribution in [-0.2, 0) is 16.0 Å². The average molecular weight is 301 g/mol. The molecule has 0 amide bonds. The van der Waals surface area contributed by atoms with Gasteiger partial charge in [-0.05, 0) is 37.0 Å². The normalized spacial score (nSPS) is 18.5. The van der Waals surface area contributed by atoms with Gasteiger partial charge in [0, 0.05) is 18.9 Å². The molecule has 0 bridgehead atoms. The molecule has 116 valence electrons. The largest absolute Gasteiger partial charge is 0.478 e. The second-order valence-corrected chi connectivity index (χ2v) is 5.09. The molecule has 0 aliphatic heterocycles. The molecule has 1 atom stereocenters. The Balaban J connectivity index is 2.29. The van der Waals surface area contributed by atoms with Gasteiger partial charge in [-0.25, -0.2) is 4.79 Å². The van der Waals surface area contributed by atoms with Crippen molar-refractivity contribution in [2.45, 2.75) is 32.3 Å². The lowest BCUT2D eigenvalue weighted by Gasteiger charge is -2.17. The zero-order valence-electron chi connectivity index (χ0n) is 12.7. The first-order valence-electron chi connectivity index (χ1n) is 7.24. The summed E-state index contributed by atoms with van der Waals surface area (Å²) in [5.41, 5.74) is 2.22. The molecule has 0 spiro atoms. The molecule has 0 saturated carbocycles. The van der Waals surface area contributed by atoms with Gasteiger partial charge < -0.3 is 9.84 Å². The van der Waals surface area contributed by atoms with Crippen molar-refractivity contribution >= 4 is 23.7 Å². The first kappa shape index (κ1) is 16.1. The van der Waals surface area contributed by atoms with Crippen LogP contribution in [0.3, 0.4) is 0 Å². The Kier molecular flexibility index (Phi) is 5.22. The highest BCUT2D eigenvalue weighted by molar-refractivity contribution is 6.16. The molecule has 1 aromatic rings. The van der Waals surface area contributed by atoms with E-state index in [0.29, 0.717) is 17.7 Å². The van der Waals surface area contributed by atoms with Crippen molar-refractivity contribution in [2.75, 3.05) is 7.11 Å². The summed E-state index contributed by atoms with van der Waals surface area (Å²) in [6, 6.07) is 4.84. The number of ether oxygens (including phenoxy) is 1. The molecule has 0 aromatic heterocycles. The maximum absolute atomic E-state index is 12.1.